The molecule has 0 aliphatic heterocycles. The molecule has 6 heteroatoms. The van der Waals surface area contributed by atoms with Crippen LogP contribution in [0.3, 0.4) is 0 Å². The van der Waals surface area contributed by atoms with E-state index in [2.05, 4.69) is 26.2 Å². The van der Waals surface area contributed by atoms with Gasteiger partial charge in [-0.05, 0) is 28.1 Å². The second-order valence-corrected chi connectivity index (χ2v) is 3.73. The molecule has 1 amide bonds. The summed E-state index contributed by atoms with van der Waals surface area (Å²) in [6.07, 6.45) is 0.554. The van der Waals surface area contributed by atoms with Crippen LogP contribution in [0.2, 0.25) is 0 Å². The first-order valence-corrected chi connectivity index (χ1v) is 5.12. The number of amides is 1. The number of pyridine rings is 1. The average Bonchev–Trinajstić information content (AvgIpc) is 2.26. The van der Waals surface area contributed by atoms with Gasteiger partial charge in [-0.2, -0.15) is 0 Å². The number of nitrogens with one attached hydrogen (secondary N) is 1. The van der Waals surface area contributed by atoms with Crippen molar-refractivity contribution in [1.29, 1.82) is 0 Å². The first-order valence-electron chi connectivity index (χ1n) is 4.32. The molecule has 0 saturated carbocycles. The van der Waals surface area contributed by atoms with Gasteiger partial charge in [0.2, 0.25) is 0 Å². The smallest absolute Gasteiger partial charge is 0.271 e. The fraction of sp³-hybridized carbons (Fsp3) is 0.333. The van der Waals surface area contributed by atoms with E-state index in [-0.39, 0.29) is 18.8 Å². The molecule has 0 fully saturated rings. The molecule has 1 heterocycles. The van der Waals surface area contributed by atoms with Gasteiger partial charge < -0.3 is 15.5 Å². The number of aliphatic hydroxyl groups is 2. The van der Waals surface area contributed by atoms with E-state index in [1.165, 1.54) is 6.20 Å². The van der Waals surface area contributed by atoms with Crippen LogP contribution in [0.5, 0.6) is 0 Å². The highest BCUT2D eigenvalue weighted by atomic mass is 79.9. The number of aliphatic hydroxyl groups excluding tert-OH is 2. The zero-order valence-electron chi connectivity index (χ0n) is 7.85. The van der Waals surface area contributed by atoms with Crippen molar-refractivity contribution in [3.05, 3.63) is 28.5 Å². The molecule has 0 radical (unpaired) electrons. The molecule has 0 aliphatic carbocycles. The van der Waals surface area contributed by atoms with Crippen molar-refractivity contribution >= 4 is 21.8 Å². The molecule has 0 aromatic carbocycles. The Kier molecular flexibility index (Phi) is 4.67. The summed E-state index contributed by atoms with van der Waals surface area (Å²) in [7, 11) is 0. The van der Waals surface area contributed by atoms with Gasteiger partial charge in [0.1, 0.15) is 5.69 Å². The van der Waals surface area contributed by atoms with E-state index in [9.17, 15) is 4.79 Å². The summed E-state index contributed by atoms with van der Waals surface area (Å²) < 4.78 is 0.584. The van der Waals surface area contributed by atoms with E-state index in [0.717, 1.165) is 0 Å². The lowest BCUT2D eigenvalue weighted by Crippen LogP contribution is -2.34. The van der Waals surface area contributed by atoms with Gasteiger partial charge in [-0.25, -0.2) is 4.98 Å². The largest absolute Gasteiger partial charge is 0.394 e. The maximum absolute atomic E-state index is 11.5. The van der Waals surface area contributed by atoms with E-state index in [4.69, 9.17) is 10.2 Å². The zero-order valence-corrected chi connectivity index (χ0v) is 9.44. The SMILES string of the molecule is O=C(NCC(O)CO)c1ncccc1Br. The van der Waals surface area contributed by atoms with Gasteiger partial charge in [-0.15, -0.1) is 0 Å². The summed E-state index contributed by atoms with van der Waals surface area (Å²) in [5, 5.41) is 20.0. The molecule has 15 heavy (non-hydrogen) atoms. The van der Waals surface area contributed by atoms with Crippen molar-refractivity contribution in [2.24, 2.45) is 0 Å². The highest BCUT2D eigenvalue weighted by Crippen LogP contribution is 2.12. The standard InChI is InChI=1S/C9H11BrN2O3/c10-7-2-1-3-11-8(7)9(15)12-4-6(14)5-13/h1-3,6,13-14H,4-5H2,(H,12,15). The third-order valence-electron chi connectivity index (χ3n) is 1.68. The molecule has 1 atom stereocenters. The summed E-state index contributed by atoms with van der Waals surface area (Å²) in [6, 6.07) is 3.40. The van der Waals surface area contributed by atoms with E-state index in [1.807, 2.05) is 0 Å². The van der Waals surface area contributed by atoms with Crippen molar-refractivity contribution in [3.8, 4) is 0 Å². The molecule has 1 aromatic heterocycles. The Labute approximate surface area is 95.3 Å². The van der Waals surface area contributed by atoms with Crippen LogP contribution in [0.15, 0.2) is 22.8 Å². The summed E-state index contributed by atoms with van der Waals surface area (Å²) >= 11 is 3.19. The van der Waals surface area contributed by atoms with Crippen molar-refractivity contribution < 1.29 is 15.0 Å². The van der Waals surface area contributed by atoms with Crippen molar-refractivity contribution in [1.82, 2.24) is 10.3 Å². The Bertz CT molecular complexity index is 346. The van der Waals surface area contributed by atoms with Gasteiger partial charge in [0.15, 0.2) is 0 Å². The quantitative estimate of drug-likeness (QED) is 0.718. The van der Waals surface area contributed by atoms with Crippen LogP contribution < -0.4 is 5.32 Å². The predicted molar refractivity (Wildman–Crippen MR) is 57.4 cm³/mol. The van der Waals surface area contributed by atoms with Crippen LogP contribution in [-0.2, 0) is 0 Å². The number of halogens is 1. The second-order valence-electron chi connectivity index (χ2n) is 2.88. The normalized spacial score (nSPS) is 12.2. The molecule has 0 bridgehead atoms. The molecule has 5 nitrogen and oxygen atoms in total. The molecule has 0 aliphatic rings. The number of aromatic nitrogens is 1. The average molecular weight is 275 g/mol. The van der Waals surface area contributed by atoms with Gasteiger partial charge in [-0.1, -0.05) is 0 Å². The predicted octanol–water partition coefficient (Wildman–Crippen LogP) is -0.0729. The number of nitrogens with zero attached hydrogens (tertiary/aromatic N) is 1. The minimum atomic E-state index is -0.948. The molecule has 1 aromatic rings. The van der Waals surface area contributed by atoms with E-state index in [1.54, 1.807) is 12.1 Å². The fourth-order valence-electron chi connectivity index (χ4n) is 0.912. The Hall–Kier alpha value is -0.980. The van der Waals surface area contributed by atoms with Crippen LogP contribution in [0.1, 0.15) is 10.5 Å². The van der Waals surface area contributed by atoms with Gasteiger partial charge in [0, 0.05) is 17.2 Å². The first kappa shape index (κ1) is 12.1. The molecular formula is C9H11BrN2O3. The minimum absolute atomic E-state index is 0.00164. The van der Waals surface area contributed by atoms with Gasteiger partial charge in [0.05, 0.1) is 12.7 Å². The molecule has 1 rings (SSSR count). The van der Waals surface area contributed by atoms with Crippen molar-refractivity contribution in [3.63, 3.8) is 0 Å². The zero-order chi connectivity index (χ0) is 11.3. The van der Waals surface area contributed by atoms with Gasteiger partial charge in [0.25, 0.3) is 5.91 Å². The number of carbonyl (C=O) groups is 1. The Morgan fingerprint density at radius 2 is 2.40 bits per heavy atom. The topological polar surface area (TPSA) is 82.5 Å². The highest BCUT2D eigenvalue weighted by Gasteiger charge is 2.11. The number of rotatable bonds is 4. The maximum atomic E-state index is 11.5. The van der Waals surface area contributed by atoms with Crippen molar-refractivity contribution in [2.75, 3.05) is 13.2 Å². The van der Waals surface area contributed by atoms with E-state index < -0.39 is 12.0 Å². The number of hydrogen-bond donors (Lipinski definition) is 3. The molecule has 0 spiro atoms. The van der Waals surface area contributed by atoms with Crippen LogP contribution >= 0.6 is 15.9 Å². The lowest BCUT2D eigenvalue weighted by molar-refractivity contribution is 0.0798. The summed E-state index contributed by atoms with van der Waals surface area (Å²) in [4.78, 5) is 15.4. The van der Waals surface area contributed by atoms with Crippen LogP contribution in [0.25, 0.3) is 0 Å². The lowest BCUT2D eigenvalue weighted by Gasteiger charge is -2.08. The molecule has 1 unspecified atom stereocenters. The molecular weight excluding hydrogens is 264 g/mol. The second kappa shape index (κ2) is 5.79. The molecule has 0 saturated heterocycles. The number of hydrogen-bond acceptors (Lipinski definition) is 4. The third-order valence-corrected chi connectivity index (χ3v) is 2.32. The molecule has 82 valence electrons. The Balaban J connectivity index is 2.58. The van der Waals surface area contributed by atoms with Gasteiger partial charge >= 0.3 is 0 Å². The number of carbonyl (C=O) groups excluding carboxylic acids is 1. The summed E-state index contributed by atoms with van der Waals surface area (Å²) in [6.45, 7) is -0.387. The summed E-state index contributed by atoms with van der Waals surface area (Å²) in [5.41, 5.74) is 0.252. The van der Waals surface area contributed by atoms with E-state index in [0.29, 0.717) is 4.47 Å². The van der Waals surface area contributed by atoms with Gasteiger partial charge in [-0.3, -0.25) is 4.79 Å². The monoisotopic (exact) mass is 274 g/mol. The minimum Gasteiger partial charge on any atom is -0.394 e. The van der Waals surface area contributed by atoms with E-state index >= 15 is 0 Å². The van der Waals surface area contributed by atoms with Crippen LogP contribution in [-0.4, -0.2) is 40.4 Å². The van der Waals surface area contributed by atoms with Crippen LogP contribution in [0.4, 0.5) is 0 Å². The molecule has 3 N–H and O–H groups in total. The van der Waals surface area contributed by atoms with Crippen LogP contribution in [0, 0.1) is 0 Å². The Morgan fingerprint density at radius 3 is 3.00 bits per heavy atom. The highest BCUT2D eigenvalue weighted by molar-refractivity contribution is 9.10. The first-order chi connectivity index (χ1) is 7.15. The maximum Gasteiger partial charge on any atom is 0.271 e. The summed E-state index contributed by atoms with van der Waals surface area (Å²) in [5.74, 6) is -0.394. The lowest BCUT2D eigenvalue weighted by atomic mass is 10.3. The van der Waals surface area contributed by atoms with Crippen molar-refractivity contribution in [2.45, 2.75) is 6.10 Å². The fourth-order valence-corrected chi connectivity index (χ4v) is 1.35. The Morgan fingerprint density at radius 1 is 1.67 bits per heavy atom. The third kappa shape index (κ3) is 3.58.